The third-order valence-electron chi connectivity index (χ3n) is 5.22. The van der Waals surface area contributed by atoms with Crippen molar-refractivity contribution in [3.8, 4) is 0 Å². The number of carbonyl (C=O) groups is 1. The zero-order chi connectivity index (χ0) is 21.9. The number of aryl methyl sites for hydroxylation is 2. The maximum Gasteiger partial charge on any atom is 0.302 e. The lowest BCUT2D eigenvalue weighted by Crippen LogP contribution is -2.45. The molecule has 1 aromatic heterocycles. The summed E-state index contributed by atoms with van der Waals surface area (Å²) in [6, 6.07) is 9.79. The van der Waals surface area contributed by atoms with Crippen molar-refractivity contribution in [1.82, 2.24) is 9.29 Å². The minimum Gasteiger partial charge on any atom is -0.462 e. The third-order valence-corrected chi connectivity index (χ3v) is 7.23. The van der Waals surface area contributed by atoms with E-state index >= 15 is 0 Å². The largest absolute Gasteiger partial charge is 0.462 e. The molecule has 0 spiro atoms. The van der Waals surface area contributed by atoms with Crippen LogP contribution in [0.5, 0.6) is 0 Å². The predicted molar refractivity (Wildman–Crippen MR) is 113 cm³/mol. The van der Waals surface area contributed by atoms with Gasteiger partial charge in [-0.15, -0.1) is 0 Å². The van der Waals surface area contributed by atoms with E-state index < -0.39 is 28.2 Å². The zero-order valence-corrected chi connectivity index (χ0v) is 18.5. The number of halogens is 1. The SMILES string of the molecule is CC(=O)OCC(O)(CN(C)S(=O)(=O)c1ccc2c(c1)CCCC2)c1cccc(Cl)n1. The monoisotopic (exact) mass is 452 g/mol. The molecule has 1 unspecified atom stereocenters. The van der Waals surface area contributed by atoms with Gasteiger partial charge in [0.2, 0.25) is 10.0 Å². The number of aliphatic hydroxyl groups is 1. The van der Waals surface area contributed by atoms with Gasteiger partial charge in [-0.25, -0.2) is 13.4 Å². The number of ether oxygens (including phenoxy) is 1. The molecular weight excluding hydrogens is 428 g/mol. The highest BCUT2D eigenvalue weighted by Crippen LogP contribution is 2.28. The van der Waals surface area contributed by atoms with Crippen LogP contribution in [-0.4, -0.2) is 49.0 Å². The Balaban J connectivity index is 1.90. The third kappa shape index (κ3) is 5.00. The highest BCUT2D eigenvalue weighted by Gasteiger charge is 2.38. The molecule has 0 fully saturated rings. The molecule has 0 amide bonds. The van der Waals surface area contributed by atoms with E-state index in [9.17, 15) is 18.3 Å². The summed E-state index contributed by atoms with van der Waals surface area (Å²) in [7, 11) is -2.52. The van der Waals surface area contributed by atoms with E-state index in [2.05, 4.69) is 4.98 Å². The second kappa shape index (κ2) is 9.01. The molecule has 7 nitrogen and oxygen atoms in total. The topological polar surface area (TPSA) is 96.8 Å². The quantitative estimate of drug-likeness (QED) is 0.512. The van der Waals surface area contributed by atoms with E-state index in [1.807, 2.05) is 6.07 Å². The van der Waals surface area contributed by atoms with Gasteiger partial charge < -0.3 is 9.84 Å². The summed E-state index contributed by atoms with van der Waals surface area (Å²) >= 11 is 5.94. The predicted octanol–water partition coefficient (Wildman–Crippen LogP) is 2.69. The minimum absolute atomic E-state index is 0.115. The summed E-state index contributed by atoms with van der Waals surface area (Å²) in [4.78, 5) is 15.6. The van der Waals surface area contributed by atoms with Crippen LogP contribution >= 0.6 is 11.6 Å². The van der Waals surface area contributed by atoms with E-state index in [1.54, 1.807) is 18.2 Å². The van der Waals surface area contributed by atoms with Crippen LogP contribution in [-0.2, 0) is 38.0 Å². The van der Waals surface area contributed by atoms with Crippen molar-refractivity contribution in [3.05, 3.63) is 58.4 Å². The number of esters is 1. The van der Waals surface area contributed by atoms with Crippen LogP contribution in [0.4, 0.5) is 0 Å². The van der Waals surface area contributed by atoms with Crippen molar-refractivity contribution in [1.29, 1.82) is 0 Å². The van der Waals surface area contributed by atoms with Gasteiger partial charge in [-0.3, -0.25) is 4.79 Å². The lowest BCUT2D eigenvalue weighted by Gasteiger charge is -2.31. The molecule has 1 heterocycles. The van der Waals surface area contributed by atoms with Gasteiger partial charge in [0.05, 0.1) is 17.1 Å². The Kier molecular flexibility index (Phi) is 6.81. The number of pyridine rings is 1. The standard InChI is InChI=1S/C21H25ClN2O5S/c1-15(25)29-14-21(26,19-8-5-9-20(22)23-19)13-24(2)30(27,28)18-11-10-16-6-3-4-7-17(16)12-18/h5,8-12,26H,3-4,6-7,13-14H2,1-2H3. The van der Waals surface area contributed by atoms with E-state index in [-0.39, 0.29) is 22.3 Å². The summed E-state index contributed by atoms with van der Waals surface area (Å²) in [5, 5.41) is 11.4. The average Bonchev–Trinajstić information content (AvgIpc) is 2.72. The smallest absolute Gasteiger partial charge is 0.302 e. The number of aromatic nitrogens is 1. The van der Waals surface area contributed by atoms with Crippen LogP contribution in [0.2, 0.25) is 5.15 Å². The molecule has 0 saturated carbocycles. The van der Waals surface area contributed by atoms with E-state index in [0.717, 1.165) is 35.6 Å². The molecule has 1 atom stereocenters. The number of hydrogen-bond donors (Lipinski definition) is 1. The summed E-state index contributed by atoms with van der Waals surface area (Å²) < 4.78 is 32.4. The Morgan fingerprint density at radius 2 is 1.93 bits per heavy atom. The molecule has 1 aliphatic carbocycles. The van der Waals surface area contributed by atoms with Crippen molar-refractivity contribution in [2.75, 3.05) is 20.2 Å². The molecule has 0 radical (unpaired) electrons. The first-order chi connectivity index (χ1) is 14.1. The van der Waals surface area contributed by atoms with E-state index in [0.29, 0.717) is 0 Å². The highest BCUT2D eigenvalue weighted by molar-refractivity contribution is 7.89. The van der Waals surface area contributed by atoms with Gasteiger partial charge in [-0.1, -0.05) is 23.7 Å². The molecule has 1 N–H and O–H groups in total. The van der Waals surface area contributed by atoms with Crippen molar-refractivity contribution in [3.63, 3.8) is 0 Å². The molecule has 1 aliphatic rings. The van der Waals surface area contributed by atoms with Crippen LogP contribution in [0.25, 0.3) is 0 Å². The molecule has 162 valence electrons. The maximum atomic E-state index is 13.2. The van der Waals surface area contributed by atoms with Gasteiger partial charge >= 0.3 is 5.97 Å². The lowest BCUT2D eigenvalue weighted by atomic mass is 9.92. The van der Waals surface area contributed by atoms with Gasteiger partial charge in [-0.2, -0.15) is 4.31 Å². The summed E-state index contributed by atoms with van der Waals surface area (Å²) in [6.45, 7) is 0.381. The van der Waals surface area contributed by atoms with E-state index in [1.165, 1.54) is 31.7 Å². The van der Waals surface area contributed by atoms with Crippen LogP contribution in [0.3, 0.4) is 0 Å². The zero-order valence-electron chi connectivity index (χ0n) is 17.0. The van der Waals surface area contributed by atoms with Gasteiger partial charge in [-0.05, 0) is 61.1 Å². The first-order valence-corrected chi connectivity index (χ1v) is 11.5. The number of nitrogens with zero attached hydrogens (tertiary/aromatic N) is 2. The Labute approximate surface area is 181 Å². The number of benzene rings is 1. The molecule has 0 saturated heterocycles. The van der Waals surface area contributed by atoms with Crippen LogP contribution < -0.4 is 0 Å². The van der Waals surface area contributed by atoms with Gasteiger partial charge in [0.25, 0.3) is 0 Å². The maximum absolute atomic E-state index is 13.2. The van der Waals surface area contributed by atoms with Crippen LogP contribution in [0, 0.1) is 0 Å². The summed E-state index contributed by atoms with van der Waals surface area (Å²) in [6.07, 6.45) is 3.95. The molecule has 0 bridgehead atoms. The first kappa shape index (κ1) is 22.7. The number of fused-ring (bicyclic) bond motifs is 1. The molecular formula is C21H25ClN2O5S. The number of likely N-dealkylation sites (N-methyl/N-ethyl adjacent to an activating group) is 1. The summed E-state index contributed by atoms with van der Waals surface area (Å²) in [5.41, 5.74) is 0.468. The van der Waals surface area contributed by atoms with Crippen molar-refractivity contribution >= 4 is 27.6 Å². The molecule has 9 heteroatoms. The van der Waals surface area contributed by atoms with Gasteiger partial charge in [0, 0.05) is 14.0 Å². The van der Waals surface area contributed by atoms with Crippen LogP contribution in [0.1, 0.15) is 36.6 Å². The number of sulfonamides is 1. The molecule has 3 rings (SSSR count). The fourth-order valence-electron chi connectivity index (χ4n) is 3.59. The fraction of sp³-hybridized carbons (Fsp3) is 0.429. The Hall–Kier alpha value is -2.00. The van der Waals surface area contributed by atoms with Crippen molar-refractivity contribution < 1.29 is 23.1 Å². The Bertz CT molecular complexity index is 1040. The van der Waals surface area contributed by atoms with Gasteiger partial charge in [0.15, 0.2) is 5.60 Å². The normalized spacial score (nSPS) is 16.0. The Morgan fingerprint density at radius 1 is 1.23 bits per heavy atom. The van der Waals surface area contributed by atoms with Gasteiger partial charge in [0.1, 0.15) is 11.8 Å². The molecule has 2 aromatic rings. The van der Waals surface area contributed by atoms with Crippen molar-refractivity contribution in [2.24, 2.45) is 0 Å². The first-order valence-electron chi connectivity index (χ1n) is 9.69. The summed E-state index contributed by atoms with van der Waals surface area (Å²) in [5.74, 6) is -0.601. The fourth-order valence-corrected chi connectivity index (χ4v) is 5.03. The minimum atomic E-state index is -3.89. The number of rotatable bonds is 7. The average molecular weight is 453 g/mol. The molecule has 0 aliphatic heterocycles. The van der Waals surface area contributed by atoms with E-state index in [4.69, 9.17) is 16.3 Å². The second-order valence-electron chi connectivity index (χ2n) is 7.56. The second-order valence-corrected chi connectivity index (χ2v) is 9.99. The Morgan fingerprint density at radius 3 is 2.60 bits per heavy atom. The molecule has 30 heavy (non-hydrogen) atoms. The lowest BCUT2D eigenvalue weighted by molar-refractivity contribution is -0.150. The highest BCUT2D eigenvalue weighted by atomic mass is 35.5. The van der Waals surface area contributed by atoms with Crippen LogP contribution in [0.15, 0.2) is 41.3 Å². The van der Waals surface area contributed by atoms with Crippen molar-refractivity contribution in [2.45, 2.75) is 43.1 Å². The molecule has 1 aromatic carbocycles. The number of carbonyl (C=O) groups excluding carboxylic acids is 1. The number of hydrogen-bond acceptors (Lipinski definition) is 6.